The number of rotatable bonds is 1. The van der Waals surface area contributed by atoms with Gasteiger partial charge in [0.1, 0.15) is 0 Å². The Hall–Kier alpha value is -0.480. The highest BCUT2D eigenvalue weighted by Crippen LogP contribution is 2.42. The van der Waals surface area contributed by atoms with E-state index in [0.29, 0.717) is 5.41 Å². The van der Waals surface area contributed by atoms with Crippen molar-refractivity contribution in [3.05, 3.63) is 16.9 Å². The Balaban J connectivity index is 3.08. The van der Waals surface area contributed by atoms with Crippen LogP contribution in [-0.2, 0) is 0 Å². The molecule has 0 spiro atoms. The second-order valence-corrected chi connectivity index (χ2v) is 5.35. The largest absolute Gasteiger partial charge is 0.122 e. The van der Waals surface area contributed by atoms with E-state index in [9.17, 15) is 0 Å². The SMILES string of the molecule is CCC(C)=C=C1C(C)CCCC1(C)C. The number of hydrogen-bond donors (Lipinski definition) is 0. The van der Waals surface area contributed by atoms with Gasteiger partial charge in [-0.1, -0.05) is 34.1 Å². The van der Waals surface area contributed by atoms with Gasteiger partial charge in [-0.3, -0.25) is 0 Å². The molecule has 0 aromatic rings. The van der Waals surface area contributed by atoms with Crippen LogP contribution < -0.4 is 0 Å². The van der Waals surface area contributed by atoms with Crippen molar-refractivity contribution < 1.29 is 0 Å². The molecule has 1 saturated carbocycles. The molecule has 1 fully saturated rings. The molecular formula is C14H24. The van der Waals surface area contributed by atoms with Crippen LogP contribution in [0.5, 0.6) is 0 Å². The summed E-state index contributed by atoms with van der Waals surface area (Å²) in [6.07, 6.45) is 5.19. The first kappa shape index (κ1) is 11.6. The lowest BCUT2D eigenvalue weighted by atomic mass is 9.69. The van der Waals surface area contributed by atoms with E-state index in [-0.39, 0.29) is 0 Å². The van der Waals surface area contributed by atoms with E-state index in [0.717, 1.165) is 12.3 Å². The van der Waals surface area contributed by atoms with Gasteiger partial charge in [0.15, 0.2) is 0 Å². The van der Waals surface area contributed by atoms with Crippen LogP contribution in [0.15, 0.2) is 16.9 Å². The molecule has 0 aromatic heterocycles. The van der Waals surface area contributed by atoms with Crippen molar-refractivity contribution in [1.82, 2.24) is 0 Å². The van der Waals surface area contributed by atoms with Crippen molar-refractivity contribution in [1.29, 1.82) is 0 Å². The second kappa shape index (κ2) is 4.36. The summed E-state index contributed by atoms with van der Waals surface area (Å²) in [5.74, 6) is 0.736. The van der Waals surface area contributed by atoms with Crippen LogP contribution in [-0.4, -0.2) is 0 Å². The summed E-state index contributed by atoms with van der Waals surface area (Å²) in [6, 6.07) is 0. The molecule has 0 radical (unpaired) electrons. The van der Waals surface area contributed by atoms with Crippen molar-refractivity contribution in [3.63, 3.8) is 0 Å². The van der Waals surface area contributed by atoms with Gasteiger partial charge in [0, 0.05) is 0 Å². The Kier molecular flexibility index (Phi) is 3.61. The molecule has 0 amide bonds. The monoisotopic (exact) mass is 192 g/mol. The van der Waals surface area contributed by atoms with E-state index >= 15 is 0 Å². The van der Waals surface area contributed by atoms with Crippen LogP contribution in [0.3, 0.4) is 0 Å². The lowest BCUT2D eigenvalue weighted by Crippen LogP contribution is -2.24. The third kappa shape index (κ3) is 2.51. The Morgan fingerprint density at radius 3 is 2.64 bits per heavy atom. The Labute approximate surface area is 89.1 Å². The average molecular weight is 192 g/mol. The first-order valence-corrected chi connectivity index (χ1v) is 5.94. The van der Waals surface area contributed by atoms with E-state index < -0.39 is 0 Å². The summed E-state index contributed by atoms with van der Waals surface area (Å²) >= 11 is 0. The minimum Gasteiger partial charge on any atom is -0.122 e. The minimum atomic E-state index is 0.383. The van der Waals surface area contributed by atoms with Gasteiger partial charge in [0.25, 0.3) is 0 Å². The van der Waals surface area contributed by atoms with E-state index in [1.165, 1.54) is 24.8 Å². The standard InChI is InChI=1S/C14H24/c1-6-11(2)10-13-12(3)8-7-9-14(13,4)5/h12H,6-9H2,1-5H3. The van der Waals surface area contributed by atoms with E-state index in [2.05, 4.69) is 40.3 Å². The maximum atomic E-state index is 3.64. The third-order valence-electron chi connectivity index (χ3n) is 3.54. The van der Waals surface area contributed by atoms with E-state index in [1.54, 1.807) is 5.57 Å². The van der Waals surface area contributed by atoms with Crippen molar-refractivity contribution in [2.24, 2.45) is 11.3 Å². The molecule has 0 saturated heterocycles. The summed E-state index contributed by atoms with van der Waals surface area (Å²) in [5, 5.41) is 0. The summed E-state index contributed by atoms with van der Waals surface area (Å²) < 4.78 is 0. The van der Waals surface area contributed by atoms with Crippen molar-refractivity contribution in [2.75, 3.05) is 0 Å². The van der Waals surface area contributed by atoms with Gasteiger partial charge in [-0.05, 0) is 48.7 Å². The molecule has 0 heteroatoms. The van der Waals surface area contributed by atoms with Crippen LogP contribution in [0, 0.1) is 11.3 Å². The highest BCUT2D eigenvalue weighted by Gasteiger charge is 2.30. The van der Waals surface area contributed by atoms with Gasteiger partial charge in [-0.15, -0.1) is 5.73 Å². The maximum Gasteiger partial charge on any atom is -0.00661 e. The zero-order valence-electron chi connectivity index (χ0n) is 10.4. The summed E-state index contributed by atoms with van der Waals surface area (Å²) in [4.78, 5) is 0. The summed E-state index contributed by atoms with van der Waals surface area (Å²) in [5.41, 5.74) is 6.99. The molecule has 1 aliphatic carbocycles. The summed E-state index contributed by atoms with van der Waals surface area (Å²) in [6.45, 7) is 11.5. The molecule has 0 aromatic carbocycles. The van der Waals surface area contributed by atoms with Crippen LogP contribution in [0.2, 0.25) is 0 Å². The number of allylic oxidation sites excluding steroid dienone is 1. The van der Waals surface area contributed by atoms with E-state index in [4.69, 9.17) is 0 Å². The Bertz CT molecular complexity index is 262. The predicted octanol–water partition coefficient (Wildman–Crippen LogP) is 4.71. The molecule has 0 N–H and O–H groups in total. The maximum absolute atomic E-state index is 3.64. The van der Waals surface area contributed by atoms with Gasteiger partial charge in [-0.25, -0.2) is 0 Å². The highest BCUT2D eigenvalue weighted by atomic mass is 14.3. The molecule has 0 nitrogen and oxygen atoms in total. The highest BCUT2D eigenvalue weighted by molar-refractivity contribution is 5.19. The molecule has 1 aliphatic rings. The molecule has 0 bridgehead atoms. The smallest absolute Gasteiger partial charge is 0.00661 e. The van der Waals surface area contributed by atoms with Crippen molar-refractivity contribution >= 4 is 0 Å². The number of hydrogen-bond acceptors (Lipinski definition) is 0. The lowest BCUT2D eigenvalue weighted by molar-refractivity contribution is 0.290. The van der Waals surface area contributed by atoms with Crippen LogP contribution in [0.25, 0.3) is 0 Å². The van der Waals surface area contributed by atoms with Gasteiger partial charge in [-0.2, -0.15) is 0 Å². The second-order valence-electron chi connectivity index (χ2n) is 5.35. The minimum absolute atomic E-state index is 0.383. The zero-order valence-corrected chi connectivity index (χ0v) is 10.4. The molecule has 0 heterocycles. The van der Waals surface area contributed by atoms with Gasteiger partial charge < -0.3 is 0 Å². The Morgan fingerprint density at radius 1 is 1.50 bits per heavy atom. The molecule has 14 heavy (non-hydrogen) atoms. The van der Waals surface area contributed by atoms with Crippen LogP contribution >= 0.6 is 0 Å². The molecular weight excluding hydrogens is 168 g/mol. The van der Waals surface area contributed by atoms with Crippen molar-refractivity contribution in [2.45, 2.75) is 60.3 Å². The normalized spacial score (nSPS) is 25.8. The lowest BCUT2D eigenvalue weighted by Gasteiger charge is -2.36. The molecule has 1 unspecified atom stereocenters. The Morgan fingerprint density at radius 2 is 2.14 bits per heavy atom. The topological polar surface area (TPSA) is 0 Å². The fraction of sp³-hybridized carbons (Fsp3) is 0.786. The summed E-state index contributed by atoms with van der Waals surface area (Å²) in [7, 11) is 0. The van der Waals surface area contributed by atoms with Crippen molar-refractivity contribution in [3.8, 4) is 0 Å². The first-order chi connectivity index (χ1) is 6.47. The van der Waals surface area contributed by atoms with Crippen LogP contribution in [0.4, 0.5) is 0 Å². The molecule has 1 rings (SSSR count). The van der Waals surface area contributed by atoms with Gasteiger partial charge in [0.2, 0.25) is 0 Å². The average Bonchev–Trinajstić information content (AvgIpc) is 2.11. The molecule has 0 aliphatic heterocycles. The fourth-order valence-corrected chi connectivity index (χ4v) is 2.41. The van der Waals surface area contributed by atoms with Crippen LogP contribution in [0.1, 0.15) is 60.3 Å². The fourth-order valence-electron chi connectivity index (χ4n) is 2.41. The van der Waals surface area contributed by atoms with Gasteiger partial charge in [0.05, 0.1) is 0 Å². The zero-order chi connectivity index (χ0) is 10.8. The van der Waals surface area contributed by atoms with E-state index in [1.807, 2.05) is 0 Å². The quantitative estimate of drug-likeness (QED) is 0.528. The predicted molar refractivity (Wildman–Crippen MR) is 63.3 cm³/mol. The first-order valence-electron chi connectivity index (χ1n) is 5.94. The van der Waals surface area contributed by atoms with Gasteiger partial charge >= 0.3 is 0 Å². The third-order valence-corrected chi connectivity index (χ3v) is 3.54. The molecule has 1 atom stereocenters. The molecule has 80 valence electrons.